The molecule has 5 nitrogen and oxygen atoms in total. The highest BCUT2D eigenvalue weighted by Gasteiger charge is 2.41. The van der Waals surface area contributed by atoms with E-state index in [1.807, 2.05) is 19.1 Å². The number of amides is 1. The Bertz CT molecular complexity index is 890. The molecule has 2 aromatic rings. The third kappa shape index (κ3) is 5.40. The number of hydrogen-bond acceptors (Lipinski definition) is 4. The Morgan fingerprint density at radius 2 is 1.76 bits per heavy atom. The van der Waals surface area contributed by atoms with Crippen LogP contribution in [0.3, 0.4) is 0 Å². The lowest BCUT2D eigenvalue weighted by Gasteiger charge is -2.34. The number of fused-ring (bicyclic) bond motifs is 1. The van der Waals surface area contributed by atoms with Gasteiger partial charge in [-0.3, -0.25) is 4.79 Å². The molecule has 1 aliphatic rings. The maximum absolute atomic E-state index is 12.3. The summed E-state index contributed by atoms with van der Waals surface area (Å²) in [6.45, 7) is 3.60. The Morgan fingerprint density at radius 3 is 2.41 bits per heavy atom. The van der Waals surface area contributed by atoms with Gasteiger partial charge in [-0.05, 0) is 54.3 Å². The van der Waals surface area contributed by atoms with E-state index in [1.54, 1.807) is 12.1 Å². The molecule has 1 saturated heterocycles. The Kier molecular flexibility index (Phi) is 6.30. The van der Waals surface area contributed by atoms with E-state index in [-0.39, 0.29) is 17.7 Å². The molecular weight excluding hydrogens is 385 g/mol. The van der Waals surface area contributed by atoms with Crippen LogP contribution in [-0.2, 0) is 9.59 Å². The Balaban J connectivity index is 1.64. The van der Waals surface area contributed by atoms with Crippen molar-refractivity contribution in [2.24, 2.45) is 0 Å². The number of ether oxygens (including phenoxy) is 1. The number of benzene rings is 2. The standard InChI is InChI=1S/C21H23F3N2O3/c1-2-3-19(27)25-16-8-10-26(11-9-16)17-6-4-15-13-18(7-5-14(15)12-17)29-20(28)21(22,23)24/h4-7,12-13,16H,2-3,8-11H2,1H3,(H,25,27). The van der Waals surface area contributed by atoms with Crippen LogP contribution in [0, 0.1) is 0 Å². The van der Waals surface area contributed by atoms with Crippen LogP contribution in [0.25, 0.3) is 10.8 Å². The summed E-state index contributed by atoms with van der Waals surface area (Å²) in [5, 5.41) is 4.59. The van der Waals surface area contributed by atoms with Crippen molar-refractivity contribution >= 4 is 28.3 Å². The first kappa shape index (κ1) is 21.0. The molecule has 0 unspecified atom stereocenters. The number of alkyl halides is 3. The highest BCUT2D eigenvalue weighted by Crippen LogP contribution is 2.28. The van der Waals surface area contributed by atoms with Crippen molar-refractivity contribution < 1.29 is 27.5 Å². The van der Waals surface area contributed by atoms with Gasteiger partial charge in [0, 0.05) is 31.2 Å². The van der Waals surface area contributed by atoms with E-state index in [9.17, 15) is 22.8 Å². The zero-order chi connectivity index (χ0) is 21.0. The summed E-state index contributed by atoms with van der Waals surface area (Å²) in [6.07, 6.45) is -1.93. The van der Waals surface area contributed by atoms with Gasteiger partial charge in [0.15, 0.2) is 0 Å². The molecule has 0 radical (unpaired) electrons. The summed E-state index contributed by atoms with van der Waals surface area (Å²) in [4.78, 5) is 24.9. The number of nitrogens with one attached hydrogen (secondary N) is 1. The first-order chi connectivity index (χ1) is 13.8. The summed E-state index contributed by atoms with van der Waals surface area (Å²) < 4.78 is 41.4. The fourth-order valence-electron chi connectivity index (χ4n) is 3.45. The van der Waals surface area contributed by atoms with Gasteiger partial charge in [0.25, 0.3) is 0 Å². The van der Waals surface area contributed by atoms with Gasteiger partial charge in [-0.15, -0.1) is 0 Å². The number of rotatable bonds is 5. The van der Waals surface area contributed by atoms with Crippen molar-refractivity contribution in [1.82, 2.24) is 5.32 Å². The summed E-state index contributed by atoms with van der Waals surface area (Å²) in [6, 6.07) is 10.2. The van der Waals surface area contributed by atoms with Gasteiger partial charge >= 0.3 is 12.1 Å². The molecule has 1 amide bonds. The van der Waals surface area contributed by atoms with Crippen LogP contribution in [-0.4, -0.2) is 37.2 Å². The van der Waals surface area contributed by atoms with Crippen molar-refractivity contribution in [2.45, 2.75) is 44.8 Å². The van der Waals surface area contributed by atoms with Crippen molar-refractivity contribution in [3.63, 3.8) is 0 Å². The van der Waals surface area contributed by atoms with E-state index >= 15 is 0 Å². The third-order valence-corrected chi connectivity index (χ3v) is 4.94. The lowest BCUT2D eigenvalue weighted by atomic mass is 10.0. The lowest BCUT2D eigenvalue weighted by molar-refractivity contribution is -0.189. The molecule has 1 heterocycles. The maximum Gasteiger partial charge on any atom is 0.491 e. The van der Waals surface area contributed by atoms with Crippen LogP contribution in [0.4, 0.5) is 18.9 Å². The highest BCUT2D eigenvalue weighted by molar-refractivity contribution is 5.88. The fraction of sp³-hybridized carbons (Fsp3) is 0.429. The predicted molar refractivity (Wildman–Crippen MR) is 104 cm³/mol. The second-order valence-corrected chi connectivity index (χ2v) is 7.16. The number of carbonyl (C=O) groups is 2. The molecule has 3 rings (SSSR count). The second-order valence-electron chi connectivity index (χ2n) is 7.16. The minimum absolute atomic E-state index is 0.0960. The topological polar surface area (TPSA) is 58.6 Å². The molecule has 29 heavy (non-hydrogen) atoms. The van der Waals surface area contributed by atoms with Crippen LogP contribution in [0.1, 0.15) is 32.6 Å². The zero-order valence-corrected chi connectivity index (χ0v) is 16.1. The summed E-state index contributed by atoms with van der Waals surface area (Å²) in [5.41, 5.74) is 1.01. The van der Waals surface area contributed by atoms with Gasteiger partial charge in [-0.2, -0.15) is 13.2 Å². The predicted octanol–water partition coefficient (Wildman–Crippen LogP) is 4.19. The quantitative estimate of drug-likeness (QED) is 0.595. The number of hydrogen-bond donors (Lipinski definition) is 1. The van der Waals surface area contributed by atoms with Crippen LogP contribution < -0.4 is 15.0 Å². The Morgan fingerprint density at radius 1 is 1.10 bits per heavy atom. The molecule has 0 bridgehead atoms. The molecule has 2 aromatic carbocycles. The second kappa shape index (κ2) is 8.71. The molecule has 1 fully saturated rings. The molecular formula is C21H23F3N2O3. The summed E-state index contributed by atoms with van der Waals surface area (Å²) in [7, 11) is 0. The number of anilines is 1. The highest BCUT2D eigenvalue weighted by atomic mass is 19.4. The van der Waals surface area contributed by atoms with E-state index in [1.165, 1.54) is 12.1 Å². The minimum atomic E-state index is -5.03. The van der Waals surface area contributed by atoms with Crippen LogP contribution in [0.15, 0.2) is 36.4 Å². The average molecular weight is 408 g/mol. The van der Waals surface area contributed by atoms with E-state index in [0.29, 0.717) is 11.8 Å². The summed E-state index contributed by atoms with van der Waals surface area (Å²) >= 11 is 0. The first-order valence-electron chi connectivity index (χ1n) is 9.63. The van der Waals surface area contributed by atoms with Gasteiger partial charge in [0.2, 0.25) is 5.91 Å². The Hall–Kier alpha value is -2.77. The smallest absolute Gasteiger partial charge is 0.420 e. The minimum Gasteiger partial charge on any atom is -0.420 e. The van der Waals surface area contributed by atoms with E-state index in [0.717, 1.165) is 43.4 Å². The van der Waals surface area contributed by atoms with Gasteiger partial charge in [-0.25, -0.2) is 4.79 Å². The molecule has 0 saturated carbocycles. The number of nitrogens with zero attached hydrogens (tertiary/aromatic N) is 1. The van der Waals surface area contributed by atoms with E-state index in [2.05, 4.69) is 15.0 Å². The SMILES string of the molecule is CCCC(=O)NC1CCN(c2ccc3cc(OC(=O)C(F)(F)F)ccc3c2)CC1. The molecule has 156 valence electrons. The number of piperidine rings is 1. The molecule has 0 atom stereocenters. The van der Waals surface area contributed by atoms with E-state index < -0.39 is 12.1 Å². The largest absolute Gasteiger partial charge is 0.491 e. The third-order valence-electron chi connectivity index (χ3n) is 4.94. The van der Waals surface area contributed by atoms with Gasteiger partial charge in [-0.1, -0.05) is 19.1 Å². The molecule has 0 aromatic heterocycles. The van der Waals surface area contributed by atoms with Gasteiger partial charge < -0.3 is 15.0 Å². The van der Waals surface area contributed by atoms with Crippen molar-refractivity contribution in [3.05, 3.63) is 36.4 Å². The van der Waals surface area contributed by atoms with Crippen molar-refractivity contribution in [1.29, 1.82) is 0 Å². The lowest BCUT2D eigenvalue weighted by Crippen LogP contribution is -2.44. The van der Waals surface area contributed by atoms with E-state index in [4.69, 9.17) is 0 Å². The number of esters is 1. The van der Waals surface area contributed by atoms with Gasteiger partial charge in [0.05, 0.1) is 0 Å². The first-order valence-corrected chi connectivity index (χ1v) is 9.63. The molecule has 0 aliphatic carbocycles. The molecule has 8 heteroatoms. The molecule has 0 spiro atoms. The zero-order valence-electron chi connectivity index (χ0n) is 16.1. The summed E-state index contributed by atoms with van der Waals surface area (Å²) in [5.74, 6) is -2.28. The fourth-order valence-corrected chi connectivity index (χ4v) is 3.45. The van der Waals surface area contributed by atoms with Gasteiger partial charge in [0.1, 0.15) is 5.75 Å². The maximum atomic E-state index is 12.3. The average Bonchev–Trinajstić information content (AvgIpc) is 2.67. The van der Waals surface area contributed by atoms with Crippen molar-refractivity contribution in [2.75, 3.05) is 18.0 Å². The Labute approximate surface area is 166 Å². The number of halogens is 3. The van der Waals surface area contributed by atoms with Crippen LogP contribution in [0.2, 0.25) is 0 Å². The number of carbonyl (C=O) groups excluding carboxylic acids is 2. The van der Waals surface area contributed by atoms with Crippen LogP contribution in [0.5, 0.6) is 5.75 Å². The molecule has 1 aliphatic heterocycles. The monoisotopic (exact) mass is 408 g/mol. The normalized spacial score (nSPS) is 15.4. The van der Waals surface area contributed by atoms with Crippen molar-refractivity contribution in [3.8, 4) is 5.75 Å². The van der Waals surface area contributed by atoms with Crippen LogP contribution >= 0.6 is 0 Å². The molecule has 1 N–H and O–H groups in total.